The van der Waals surface area contributed by atoms with Gasteiger partial charge in [0.25, 0.3) is 0 Å². The molecule has 0 rings (SSSR count). The quantitative estimate of drug-likeness (QED) is 0.0124. The average Bonchev–Trinajstić information content (AvgIpc) is 0.911. The number of amides is 4. The van der Waals surface area contributed by atoms with E-state index in [0.717, 1.165) is 135 Å². The van der Waals surface area contributed by atoms with Gasteiger partial charge in [0.15, 0.2) is 0 Å². The Balaban J connectivity index is 5.66. The molecular weight excluding hydrogens is 1450 g/mol. The Morgan fingerprint density at radius 3 is 1.06 bits per heavy atom. The maximum absolute atomic E-state index is 13.6. The molecule has 0 bridgehead atoms. The third kappa shape index (κ3) is 74.7. The summed E-state index contributed by atoms with van der Waals surface area (Å²) in [6.45, 7) is 14.7. The van der Waals surface area contributed by atoms with Crippen LogP contribution in [-0.2, 0) is 79.7 Å². The molecule has 7 atom stereocenters. The second-order valence-electron chi connectivity index (χ2n) is 30.8. The highest BCUT2D eigenvalue weighted by Gasteiger charge is 2.26. The number of rotatable bonds is 84. The van der Waals surface area contributed by atoms with Crippen molar-refractivity contribution in [3.8, 4) is 0 Å². The maximum Gasteiger partial charge on any atom is 0.327 e. The van der Waals surface area contributed by atoms with E-state index in [1.807, 2.05) is 0 Å². The van der Waals surface area contributed by atoms with Crippen molar-refractivity contribution in [2.24, 2.45) is 0 Å². The lowest BCUT2D eigenvalue weighted by Crippen LogP contribution is -2.42. The molecule has 22 nitrogen and oxygen atoms in total. The number of aliphatic hydroxyl groups excluding tert-OH is 1. The first-order valence-corrected chi connectivity index (χ1v) is 48.6. The Morgan fingerprint density at radius 1 is 0.342 bits per heavy atom. The van der Waals surface area contributed by atoms with Crippen LogP contribution in [0.25, 0.3) is 0 Å². The van der Waals surface area contributed by atoms with Crippen molar-refractivity contribution in [3.63, 3.8) is 0 Å². The van der Waals surface area contributed by atoms with Gasteiger partial charge in [-0.05, 0) is 89.9 Å². The zero-order chi connectivity index (χ0) is 81.8. The predicted molar refractivity (Wildman–Crippen MR) is 450 cm³/mol. The van der Waals surface area contributed by atoms with E-state index in [9.17, 15) is 47.8 Å². The minimum Gasteiger partial charge on any atom is -0.462 e. The van der Waals surface area contributed by atoms with E-state index in [1.165, 1.54) is 129 Å². The van der Waals surface area contributed by atoms with E-state index in [2.05, 4.69) is 87.1 Å². The summed E-state index contributed by atoms with van der Waals surface area (Å²) in [5.41, 5.74) is 0. The van der Waals surface area contributed by atoms with E-state index in [1.54, 1.807) is 0 Å². The number of ketones is 1. The smallest absolute Gasteiger partial charge is 0.327 e. The number of hydrogen-bond donors (Lipinski definition) is 5. The summed E-state index contributed by atoms with van der Waals surface area (Å²) in [6, 6.07) is -1.61. The zero-order valence-corrected chi connectivity index (χ0v) is 73.3. The highest BCUT2D eigenvalue weighted by molar-refractivity contribution is 7.53. The first kappa shape index (κ1) is 107. The molecule has 0 saturated carbocycles. The number of carbonyl (C=O) groups is 7. The Kier molecular flexibility index (Phi) is 74.7. The number of carbonyl (C=O) groups excluding carboxylic acids is 7. The fourth-order valence-electron chi connectivity index (χ4n) is 12.8. The number of allylic oxidation sites excluding steroid dienone is 4. The van der Waals surface area contributed by atoms with Gasteiger partial charge >= 0.3 is 27.1 Å². The minimum atomic E-state index is -3.81. The monoisotopic (exact) mass is 1620 g/mol. The maximum atomic E-state index is 13.6. The van der Waals surface area contributed by atoms with Gasteiger partial charge < -0.3 is 63.4 Å². The summed E-state index contributed by atoms with van der Waals surface area (Å²) in [4.78, 5) is 91.5. The molecule has 0 aromatic carbocycles. The van der Waals surface area contributed by atoms with Gasteiger partial charge in [-0.1, -0.05) is 265 Å². The number of esters is 2. The van der Waals surface area contributed by atoms with Gasteiger partial charge in [0, 0.05) is 58.5 Å². The number of ether oxygens (including phenoxy) is 4. The van der Waals surface area contributed by atoms with E-state index in [-0.39, 0.29) is 109 Å². The van der Waals surface area contributed by atoms with Gasteiger partial charge in [0.05, 0.1) is 83.9 Å². The number of nitrogens with one attached hydrogen (secondary N) is 4. The first-order chi connectivity index (χ1) is 53.7. The molecule has 0 radical (unpaired) electrons. The molecule has 24 heteroatoms. The molecule has 4 amide bonds. The number of aliphatic hydroxyl groups is 1. The Labute approximate surface area is 675 Å². The average molecular weight is 1620 g/mol. The summed E-state index contributed by atoms with van der Waals surface area (Å²) < 4.78 is 74.1. The number of Topliss-reactive ketones (excluding diaryl/α,β-unsaturated/α-hetero) is 1. The van der Waals surface area contributed by atoms with Crippen LogP contribution in [0.5, 0.6) is 0 Å². The third-order valence-electron chi connectivity index (χ3n) is 19.5. The molecule has 111 heavy (non-hydrogen) atoms. The lowest BCUT2D eigenvalue weighted by molar-refractivity contribution is -0.151. The highest BCUT2D eigenvalue weighted by atomic mass is 31.2. The Bertz CT molecular complexity index is 2440. The van der Waals surface area contributed by atoms with Crippen LogP contribution in [0.1, 0.15) is 382 Å². The molecule has 0 heterocycles. The Morgan fingerprint density at radius 2 is 0.676 bits per heavy atom. The van der Waals surface area contributed by atoms with Crippen LogP contribution in [-0.4, -0.2) is 156 Å². The molecule has 0 aliphatic rings. The summed E-state index contributed by atoms with van der Waals surface area (Å²) in [5, 5.41) is 21.7. The standard InChI is InChI=1S/C87H164N4O18P2/c1-9-15-21-27-31-35-39-45-49-55-78(92)69-84(96)90-76(72-102-65-61-80(57-51-43-25-19-13-5)108-86(98)59-53-47-41-37-33-29-23-17-11-3)74-106-110(7,100)104-67-63-88-82(94)71-83(95)89-64-68-105-111(8,101)107-75-77(91-85(97)70-79(93)56-50-46-40-36-32-28-22-16-10-2)73-103-66-62-81(58-52-44-26-20-14-6)109-87(99)60-54-48-42-38-34-30-24-18-12-4/h37-38,41-42,76-78,80-81,92H,9-36,39-40,43-75H2,1-8H3,(H,88,94)(H,89,95)(H,90,96)(H,91,97)/b41-37-,42-38-/t76-,77-,78?,80-,81-,110?,111?/m1/s1. The molecule has 5 N–H and O–H groups in total. The van der Waals surface area contributed by atoms with Crippen LogP contribution in [0.4, 0.5) is 0 Å². The lowest BCUT2D eigenvalue weighted by atomic mass is 10.0. The van der Waals surface area contributed by atoms with Crippen LogP contribution in [0.3, 0.4) is 0 Å². The van der Waals surface area contributed by atoms with E-state index in [4.69, 9.17) is 37.0 Å². The SMILES string of the molecule is CCCCCC/C=C\CCCC(=O)O[C@H](CCCCCCC)CCOC[C@H](COP(C)(=O)OCCNC(=O)CC(=O)NCCOP(C)(=O)OC[C@@H](COCC[C@@H](CCCCCCC)OC(=O)CCC/C=C\CCCCCC)NC(=O)CC(O)CCCCCCCCCCC)NC(=O)CC(=O)CCCCCCCCCCC. The van der Waals surface area contributed by atoms with Gasteiger partial charge in [0.2, 0.25) is 23.6 Å². The minimum absolute atomic E-state index is 0.0263. The second-order valence-corrected chi connectivity index (χ2v) is 34.9. The van der Waals surface area contributed by atoms with Crippen LogP contribution in [0.15, 0.2) is 24.3 Å². The van der Waals surface area contributed by atoms with Crippen LogP contribution >= 0.6 is 15.2 Å². The fourth-order valence-corrected chi connectivity index (χ4v) is 14.7. The predicted octanol–water partition coefficient (Wildman–Crippen LogP) is 20.6. The van der Waals surface area contributed by atoms with Crippen molar-refractivity contribution in [1.29, 1.82) is 0 Å². The van der Waals surface area contributed by atoms with Gasteiger partial charge in [0.1, 0.15) is 24.4 Å². The van der Waals surface area contributed by atoms with Crippen LogP contribution < -0.4 is 21.3 Å². The van der Waals surface area contributed by atoms with Crippen molar-refractivity contribution >= 4 is 56.5 Å². The van der Waals surface area contributed by atoms with E-state index < -0.39 is 63.4 Å². The van der Waals surface area contributed by atoms with Crippen LogP contribution in [0, 0.1) is 0 Å². The molecule has 0 fully saturated rings. The molecule has 650 valence electrons. The van der Waals surface area contributed by atoms with Crippen molar-refractivity contribution in [2.75, 3.05) is 79.3 Å². The number of unbranched alkanes of at least 4 members (excludes halogenated alkanes) is 34. The molecule has 0 saturated heterocycles. The molecule has 3 unspecified atom stereocenters. The van der Waals surface area contributed by atoms with E-state index >= 15 is 0 Å². The third-order valence-corrected chi connectivity index (χ3v) is 22.0. The lowest BCUT2D eigenvalue weighted by Gasteiger charge is -2.23. The summed E-state index contributed by atoms with van der Waals surface area (Å²) >= 11 is 0. The van der Waals surface area contributed by atoms with Crippen molar-refractivity contribution in [1.82, 2.24) is 21.3 Å². The Hall–Kier alpha value is -3.85. The van der Waals surface area contributed by atoms with Crippen LogP contribution in [0.2, 0.25) is 0 Å². The number of hydrogen-bond acceptors (Lipinski definition) is 18. The van der Waals surface area contributed by atoms with Gasteiger partial charge in [-0.2, -0.15) is 0 Å². The van der Waals surface area contributed by atoms with Gasteiger partial charge in [-0.25, -0.2) is 0 Å². The van der Waals surface area contributed by atoms with E-state index in [0.29, 0.717) is 70.6 Å². The topological polar surface area (TPSA) is 296 Å². The fraction of sp³-hybridized carbons (Fsp3) is 0.874. The molecule has 0 aliphatic heterocycles. The second kappa shape index (κ2) is 77.4. The molecule has 0 aromatic rings. The van der Waals surface area contributed by atoms with Crippen molar-refractivity contribution < 1.29 is 84.8 Å². The summed E-state index contributed by atoms with van der Waals surface area (Å²) in [5.74, 6) is -2.88. The summed E-state index contributed by atoms with van der Waals surface area (Å²) in [7, 11) is -7.60. The summed E-state index contributed by atoms with van der Waals surface area (Å²) in [6.07, 6.45) is 55.5. The highest BCUT2D eigenvalue weighted by Crippen LogP contribution is 2.44. The first-order valence-electron chi connectivity index (χ1n) is 44.6. The van der Waals surface area contributed by atoms with Crippen molar-refractivity contribution in [2.45, 2.75) is 412 Å². The van der Waals surface area contributed by atoms with Gasteiger partial charge in [-0.3, -0.25) is 42.7 Å². The molecule has 0 spiro atoms. The molecule has 0 aromatic heterocycles. The van der Waals surface area contributed by atoms with Gasteiger partial charge in [-0.15, -0.1) is 0 Å². The molecule has 0 aliphatic carbocycles. The van der Waals surface area contributed by atoms with Crippen molar-refractivity contribution in [3.05, 3.63) is 24.3 Å². The normalized spacial score (nSPS) is 14.2. The zero-order valence-electron chi connectivity index (χ0n) is 71.5. The largest absolute Gasteiger partial charge is 0.462 e. The molecular formula is C87H164N4O18P2.